The van der Waals surface area contributed by atoms with Gasteiger partial charge in [-0.05, 0) is 56.7 Å². The molecule has 0 saturated carbocycles. The highest BCUT2D eigenvalue weighted by Gasteiger charge is 2.27. The molecule has 0 spiro atoms. The van der Waals surface area contributed by atoms with Gasteiger partial charge in [-0.15, -0.1) is 11.3 Å². The van der Waals surface area contributed by atoms with Crippen molar-refractivity contribution >= 4 is 34.2 Å². The van der Waals surface area contributed by atoms with E-state index in [1.807, 2.05) is 12.1 Å². The van der Waals surface area contributed by atoms with E-state index >= 15 is 0 Å². The van der Waals surface area contributed by atoms with Crippen molar-refractivity contribution in [3.05, 3.63) is 51.4 Å². The van der Waals surface area contributed by atoms with Crippen molar-refractivity contribution in [3.8, 4) is 0 Å². The van der Waals surface area contributed by atoms with Gasteiger partial charge in [-0.1, -0.05) is 38.1 Å². The molecular weight excluding hydrogens is 414 g/mol. The van der Waals surface area contributed by atoms with Crippen molar-refractivity contribution in [3.63, 3.8) is 0 Å². The fraction of sp³-hybridized carbons (Fsp3) is 0.458. The zero-order chi connectivity index (χ0) is 23.1. The minimum Gasteiger partial charge on any atom is -0.462 e. The molecule has 7 heteroatoms. The summed E-state index contributed by atoms with van der Waals surface area (Å²) in [5, 5.41) is 3.10. The van der Waals surface area contributed by atoms with Crippen molar-refractivity contribution in [1.29, 1.82) is 0 Å². The first-order chi connectivity index (χ1) is 14.6. The average molecular weight is 446 g/mol. The molecule has 0 aliphatic carbocycles. The summed E-state index contributed by atoms with van der Waals surface area (Å²) in [6.45, 7) is 11.3. The van der Waals surface area contributed by atoms with Gasteiger partial charge in [-0.2, -0.15) is 0 Å². The van der Waals surface area contributed by atoms with Crippen LogP contribution in [0.4, 0.5) is 5.00 Å². The zero-order valence-electron chi connectivity index (χ0n) is 19.0. The number of carbonyl (C=O) groups excluding carboxylic acids is 3. The van der Waals surface area contributed by atoms with Crippen LogP contribution in [0.1, 0.15) is 83.7 Å². The molecule has 168 valence electrons. The normalized spacial score (nSPS) is 11.0. The van der Waals surface area contributed by atoms with Crippen LogP contribution in [-0.4, -0.2) is 30.6 Å². The summed E-state index contributed by atoms with van der Waals surface area (Å²) >= 11 is 1.04. The van der Waals surface area contributed by atoms with Gasteiger partial charge in [0.1, 0.15) is 9.88 Å². The Kier molecular flexibility index (Phi) is 8.80. The first-order valence-corrected chi connectivity index (χ1v) is 11.4. The summed E-state index contributed by atoms with van der Waals surface area (Å²) in [6, 6.07) is 8.21. The van der Waals surface area contributed by atoms with Gasteiger partial charge >= 0.3 is 11.9 Å². The lowest BCUT2D eigenvalue weighted by atomic mass is 10.0. The van der Waals surface area contributed by atoms with E-state index in [0.717, 1.165) is 16.9 Å². The van der Waals surface area contributed by atoms with Crippen molar-refractivity contribution in [2.75, 3.05) is 11.9 Å². The van der Waals surface area contributed by atoms with E-state index in [2.05, 4.69) is 31.3 Å². The van der Waals surface area contributed by atoms with Gasteiger partial charge in [0.15, 0.2) is 0 Å². The standard InChI is InChI=1S/C24H31NO5S/c1-7-29-23(27)20-16(6)21(24(28)30-15(4)5)31-22(20)25-19(26)13-10-17-8-11-18(12-9-17)14(2)3/h8-9,11-12,14-15H,7,10,13H2,1-6H3,(H,25,26). The first-order valence-electron chi connectivity index (χ1n) is 10.5. The minimum absolute atomic E-state index is 0.194. The van der Waals surface area contributed by atoms with Gasteiger partial charge in [0.05, 0.1) is 18.3 Å². The van der Waals surface area contributed by atoms with E-state index in [1.165, 1.54) is 5.56 Å². The fourth-order valence-electron chi connectivity index (χ4n) is 3.03. The Balaban J connectivity index is 2.16. The first kappa shape index (κ1) is 24.6. The second-order valence-corrected chi connectivity index (χ2v) is 8.90. The number of hydrogen-bond donors (Lipinski definition) is 1. The lowest BCUT2D eigenvalue weighted by molar-refractivity contribution is -0.116. The van der Waals surface area contributed by atoms with Gasteiger partial charge in [0, 0.05) is 6.42 Å². The second kappa shape index (κ2) is 11.1. The molecule has 0 aliphatic heterocycles. The summed E-state index contributed by atoms with van der Waals surface area (Å²) < 4.78 is 10.4. The predicted octanol–water partition coefficient (Wildman–Crippen LogP) is 5.49. The number of thiophene rings is 1. The molecule has 0 saturated heterocycles. The van der Waals surface area contributed by atoms with Gasteiger partial charge in [-0.25, -0.2) is 9.59 Å². The monoisotopic (exact) mass is 445 g/mol. The van der Waals surface area contributed by atoms with Crippen LogP contribution in [0, 0.1) is 6.92 Å². The Morgan fingerprint density at radius 2 is 1.68 bits per heavy atom. The van der Waals surface area contributed by atoms with Gasteiger partial charge in [0.25, 0.3) is 0 Å². The molecule has 0 radical (unpaired) electrons. The van der Waals surface area contributed by atoms with Gasteiger partial charge in [0.2, 0.25) is 5.91 Å². The highest BCUT2D eigenvalue weighted by molar-refractivity contribution is 7.18. The van der Waals surface area contributed by atoms with Crippen molar-refractivity contribution in [2.45, 2.75) is 66.4 Å². The third kappa shape index (κ3) is 6.66. The Bertz CT molecular complexity index is 928. The number of rotatable bonds is 9. The molecular formula is C24H31NO5S. The van der Waals surface area contributed by atoms with E-state index in [1.54, 1.807) is 27.7 Å². The van der Waals surface area contributed by atoms with Crippen LogP contribution in [0.3, 0.4) is 0 Å². The summed E-state index contributed by atoms with van der Waals surface area (Å²) in [6.07, 6.45) is 0.539. The molecule has 0 fully saturated rings. The van der Waals surface area contributed by atoms with Crippen LogP contribution in [0.2, 0.25) is 0 Å². The Hall–Kier alpha value is -2.67. The van der Waals surface area contributed by atoms with Crippen LogP contribution < -0.4 is 5.32 Å². The fourth-order valence-corrected chi connectivity index (χ4v) is 4.12. The van der Waals surface area contributed by atoms with E-state index in [4.69, 9.17) is 9.47 Å². The lowest BCUT2D eigenvalue weighted by Crippen LogP contribution is -2.15. The van der Waals surface area contributed by atoms with Crippen molar-refractivity contribution in [2.24, 2.45) is 0 Å². The molecule has 0 aliphatic rings. The molecule has 0 bridgehead atoms. The maximum absolute atomic E-state index is 12.6. The molecule has 1 aromatic carbocycles. The van der Waals surface area contributed by atoms with E-state index < -0.39 is 11.9 Å². The van der Waals surface area contributed by atoms with Gasteiger partial charge in [-0.3, -0.25) is 4.79 Å². The number of carbonyl (C=O) groups is 3. The largest absolute Gasteiger partial charge is 0.462 e. The number of hydrogen-bond acceptors (Lipinski definition) is 6. The average Bonchev–Trinajstić information content (AvgIpc) is 3.02. The van der Waals surface area contributed by atoms with Gasteiger partial charge < -0.3 is 14.8 Å². The third-order valence-electron chi connectivity index (χ3n) is 4.69. The second-order valence-electron chi connectivity index (χ2n) is 7.88. The molecule has 0 unspecified atom stereocenters. The maximum Gasteiger partial charge on any atom is 0.348 e. The SMILES string of the molecule is CCOC(=O)c1c(NC(=O)CCc2ccc(C(C)C)cc2)sc(C(=O)OC(C)C)c1C. The number of anilines is 1. The summed E-state index contributed by atoms with van der Waals surface area (Å²) in [4.78, 5) is 37.8. The van der Waals surface area contributed by atoms with Crippen LogP contribution in [0.25, 0.3) is 0 Å². The van der Waals surface area contributed by atoms with Crippen LogP contribution in [0.15, 0.2) is 24.3 Å². The van der Waals surface area contributed by atoms with Crippen LogP contribution in [0.5, 0.6) is 0 Å². The smallest absolute Gasteiger partial charge is 0.348 e. The molecule has 31 heavy (non-hydrogen) atoms. The molecule has 1 amide bonds. The van der Waals surface area contributed by atoms with Crippen molar-refractivity contribution in [1.82, 2.24) is 0 Å². The highest BCUT2D eigenvalue weighted by atomic mass is 32.1. The van der Waals surface area contributed by atoms with E-state index in [0.29, 0.717) is 22.9 Å². The number of esters is 2. The Morgan fingerprint density at radius 3 is 2.23 bits per heavy atom. The molecule has 1 heterocycles. The predicted molar refractivity (Wildman–Crippen MR) is 123 cm³/mol. The Morgan fingerprint density at radius 1 is 1.03 bits per heavy atom. The minimum atomic E-state index is -0.570. The summed E-state index contributed by atoms with van der Waals surface area (Å²) in [7, 11) is 0. The number of aryl methyl sites for hydroxylation is 1. The number of amides is 1. The third-order valence-corrected chi connectivity index (χ3v) is 5.88. The topological polar surface area (TPSA) is 81.7 Å². The molecule has 0 atom stereocenters. The molecule has 2 aromatic rings. The Labute approximate surface area is 187 Å². The quantitative estimate of drug-likeness (QED) is 0.516. The van der Waals surface area contributed by atoms with E-state index in [-0.39, 0.29) is 35.5 Å². The van der Waals surface area contributed by atoms with E-state index in [9.17, 15) is 14.4 Å². The zero-order valence-corrected chi connectivity index (χ0v) is 19.9. The van der Waals surface area contributed by atoms with Crippen LogP contribution >= 0.6 is 11.3 Å². The molecule has 1 aromatic heterocycles. The molecule has 6 nitrogen and oxygen atoms in total. The summed E-state index contributed by atoms with van der Waals surface area (Å²) in [5.41, 5.74) is 2.97. The number of benzene rings is 1. The maximum atomic E-state index is 12.6. The van der Waals surface area contributed by atoms with Crippen LogP contribution in [-0.2, 0) is 20.7 Å². The molecule has 1 N–H and O–H groups in total. The highest BCUT2D eigenvalue weighted by Crippen LogP contribution is 2.34. The van der Waals surface area contributed by atoms with Crippen molar-refractivity contribution < 1.29 is 23.9 Å². The summed E-state index contributed by atoms with van der Waals surface area (Å²) in [5.74, 6) is -0.867. The molecule has 2 rings (SSSR count). The number of ether oxygens (including phenoxy) is 2. The number of nitrogens with one attached hydrogen (secondary N) is 1. The lowest BCUT2D eigenvalue weighted by Gasteiger charge is -2.08.